The van der Waals surface area contributed by atoms with Gasteiger partial charge in [0.15, 0.2) is 6.61 Å². The van der Waals surface area contributed by atoms with E-state index in [1.165, 1.54) is 0 Å². The smallest absolute Gasteiger partial charge is 0.253 e. The van der Waals surface area contributed by atoms with Gasteiger partial charge in [0, 0.05) is 19.0 Å². The molecule has 0 aliphatic heterocycles. The van der Waals surface area contributed by atoms with Crippen LogP contribution in [0.4, 0.5) is 0 Å². The fraction of sp³-hybridized carbons (Fsp3) is 0.500. The van der Waals surface area contributed by atoms with E-state index in [0.29, 0.717) is 24.3 Å². The number of rotatable bonds is 7. The highest BCUT2D eigenvalue weighted by Crippen LogP contribution is 2.24. The quantitative estimate of drug-likeness (QED) is 0.849. The van der Waals surface area contributed by atoms with Crippen LogP contribution >= 0.6 is 0 Å². The molecule has 5 nitrogen and oxygen atoms in total. The molecule has 1 N–H and O–H groups in total. The predicted molar refractivity (Wildman–Crippen MR) is 81.1 cm³/mol. The zero-order chi connectivity index (χ0) is 15.2. The van der Waals surface area contributed by atoms with Gasteiger partial charge in [-0.1, -0.05) is 32.0 Å². The summed E-state index contributed by atoms with van der Waals surface area (Å²) in [7, 11) is 0. The zero-order valence-corrected chi connectivity index (χ0v) is 13.1. The molecule has 0 spiro atoms. The molecule has 0 radical (unpaired) electrons. The molecule has 0 aliphatic rings. The first-order chi connectivity index (χ1) is 10.1. The maximum absolute atomic E-state index is 5.89. The van der Waals surface area contributed by atoms with Gasteiger partial charge < -0.3 is 14.5 Å². The molecule has 0 amide bonds. The first-order valence-electron chi connectivity index (χ1n) is 7.27. The zero-order valence-electron chi connectivity index (χ0n) is 13.1. The third-order valence-corrected chi connectivity index (χ3v) is 3.07. The van der Waals surface area contributed by atoms with Crippen molar-refractivity contribution < 1.29 is 9.15 Å². The predicted octanol–water partition coefficient (Wildman–Crippen LogP) is 3.01. The van der Waals surface area contributed by atoms with Gasteiger partial charge in [-0.15, -0.1) is 10.2 Å². The van der Waals surface area contributed by atoms with Crippen molar-refractivity contribution in [1.82, 2.24) is 15.5 Å². The number of nitrogens with zero attached hydrogens (tertiary/aromatic N) is 2. The van der Waals surface area contributed by atoms with Crippen LogP contribution in [0.5, 0.6) is 5.75 Å². The van der Waals surface area contributed by atoms with Crippen LogP contribution in [0.3, 0.4) is 0 Å². The van der Waals surface area contributed by atoms with Crippen molar-refractivity contribution in [2.75, 3.05) is 6.54 Å². The Morgan fingerprint density at radius 3 is 2.71 bits per heavy atom. The third kappa shape index (κ3) is 4.56. The summed E-state index contributed by atoms with van der Waals surface area (Å²) in [5.74, 6) is 2.57. The molecule has 21 heavy (non-hydrogen) atoms. The van der Waals surface area contributed by atoms with E-state index >= 15 is 0 Å². The summed E-state index contributed by atoms with van der Waals surface area (Å²) in [4.78, 5) is 0. The summed E-state index contributed by atoms with van der Waals surface area (Å²) in [6.07, 6.45) is 0. The Morgan fingerprint density at radius 2 is 2.05 bits per heavy atom. The normalized spacial score (nSPS) is 11.1. The maximum atomic E-state index is 5.89. The van der Waals surface area contributed by atoms with E-state index < -0.39 is 0 Å². The molecule has 0 saturated carbocycles. The Labute approximate surface area is 125 Å². The van der Waals surface area contributed by atoms with Crippen molar-refractivity contribution in [2.24, 2.45) is 5.92 Å². The number of benzene rings is 1. The molecule has 1 aromatic carbocycles. The van der Waals surface area contributed by atoms with E-state index in [-0.39, 0.29) is 0 Å². The van der Waals surface area contributed by atoms with Gasteiger partial charge in [-0.25, -0.2) is 0 Å². The average molecular weight is 289 g/mol. The summed E-state index contributed by atoms with van der Waals surface area (Å²) in [5.41, 5.74) is 2.25. The van der Waals surface area contributed by atoms with E-state index in [4.69, 9.17) is 9.15 Å². The van der Waals surface area contributed by atoms with Crippen LogP contribution < -0.4 is 10.1 Å². The minimum Gasteiger partial charge on any atom is -0.483 e. The number of nitrogens with one attached hydrogen (secondary N) is 1. The fourth-order valence-electron chi connectivity index (χ4n) is 2.08. The lowest BCUT2D eigenvalue weighted by molar-refractivity contribution is 0.256. The van der Waals surface area contributed by atoms with Crippen LogP contribution in [0, 0.1) is 19.8 Å². The van der Waals surface area contributed by atoms with Gasteiger partial charge in [0.25, 0.3) is 5.89 Å². The van der Waals surface area contributed by atoms with Gasteiger partial charge in [-0.05, 0) is 24.9 Å². The monoisotopic (exact) mass is 289 g/mol. The van der Waals surface area contributed by atoms with E-state index in [1.807, 2.05) is 19.1 Å². The summed E-state index contributed by atoms with van der Waals surface area (Å²) in [6, 6.07) is 6.17. The number of para-hydroxylation sites is 1. The van der Waals surface area contributed by atoms with Crippen LogP contribution in [0.15, 0.2) is 22.6 Å². The van der Waals surface area contributed by atoms with E-state index in [1.54, 1.807) is 6.92 Å². The Hall–Kier alpha value is -1.88. The summed E-state index contributed by atoms with van der Waals surface area (Å²) in [6.45, 7) is 10.3. The van der Waals surface area contributed by atoms with Crippen LogP contribution in [0.1, 0.15) is 36.8 Å². The molecular weight excluding hydrogens is 266 g/mol. The molecule has 0 fully saturated rings. The summed E-state index contributed by atoms with van der Waals surface area (Å²) < 4.78 is 11.2. The molecule has 5 heteroatoms. The van der Waals surface area contributed by atoms with Crippen molar-refractivity contribution in [3.63, 3.8) is 0 Å². The second kappa shape index (κ2) is 7.22. The minimum atomic E-state index is 0.295. The van der Waals surface area contributed by atoms with E-state index in [9.17, 15) is 0 Å². The Kier molecular flexibility index (Phi) is 5.33. The topological polar surface area (TPSA) is 60.2 Å². The molecule has 0 aliphatic carbocycles. The summed E-state index contributed by atoms with van der Waals surface area (Å²) in [5, 5.41) is 11.2. The Bertz CT molecular complexity index is 579. The second-order valence-corrected chi connectivity index (χ2v) is 5.59. The van der Waals surface area contributed by atoms with Gasteiger partial charge in [0.1, 0.15) is 5.75 Å². The van der Waals surface area contributed by atoms with Crippen molar-refractivity contribution in [3.8, 4) is 5.75 Å². The first-order valence-corrected chi connectivity index (χ1v) is 7.27. The lowest BCUT2D eigenvalue weighted by atomic mass is 10.1. The van der Waals surface area contributed by atoms with Gasteiger partial charge in [-0.3, -0.25) is 0 Å². The lowest BCUT2D eigenvalue weighted by Crippen LogP contribution is -2.19. The van der Waals surface area contributed by atoms with E-state index in [0.717, 1.165) is 30.0 Å². The molecule has 0 atom stereocenters. The number of hydrogen-bond donors (Lipinski definition) is 1. The second-order valence-electron chi connectivity index (χ2n) is 5.59. The third-order valence-electron chi connectivity index (χ3n) is 3.07. The van der Waals surface area contributed by atoms with Crippen molar-refractivity contribution in [1.29, 1.82) is 0 Å². The SMILES string of the molecule is Cc1nnc(COc2c(C)cccc2CNCC(C)C)o1. The standard InChI is InChI=1S/C16H23N3O2/c1-11(2)8-17-9-14-7-5-6-12(3)16(14)20-10-15-19-18-13(4)21-15/h5-7,11,17H,8-10H2,1-4H3. The molecule has 114 valence electrons. The molecule has 1 heterocycles. The molecule has 0 bridgehead atoms. The van der Waals surface area contributed by atoms with Gasteiger partial charge in [0.2, 0.25) is 5.89 Å². The number of aromatic nitrogens is 2. The fourth-order valence-corrected chi connectivity index (χ4v) is 2.08. The molecule has 0 unspecified atom stereocenters. The number of aryl methyl sites for hydroxylation is 2. The van der Waals surface area contributed by atoms with Gasteiger partial charge in [-0.2, -0.15) is 0 Å². The molecule has 2 aromatic rings. The summed E-state index contributed by atoms with van der Waals surface area (Å²) >= 11 is 0. The number of ether oxygens (including phenoxy) is 1. The Morgan fingerprint density at radius 1 is 1.24 bits per heavy atom. The average Bonchev–Trinajstić information content (AvgIpc) is 2.83. The highest BCUT2D eigenvalue weighted by Gasteiger charge is 2.10. The first kappa shape index (κ1) is 15.5. The van der Waals surface area contributed by atoms with Gasteiger partial charge >= 0.3 is 0 Å². The van der Waals surface area contributed by atoms with Crippen LogP contribution in [0.2, 0.25) is 0 Å². The van der Waals surface area contributed by atoms with Crippen molar-refractivity contribution in [2.45, 2.75) is 40.8 Å². The molecular formula is C16H23N3O2. The molecule has 0 saturated heterocycles. The van der Waals surface area contributed by atoms with Crippen molar-refractivity contribution in [3.05, 3.63) is 41.1 Å². The highest BCUT2D eigenvalue weighted by molar-refractivity contribution is 5.40. The molecule has 2 rings (SSSR count). The minimum absolute atomic E-state index is 0.295. The molecule has 1 aromatic heterocycles. The number of hydrogen-bond acceptors (Lipinski definition) is 5. The largest absolute Gasteiger partial charge is 0.483 e. The Balaban J connectivity index is 2.02. The van der Waals surface area contributed by atoms with Gasteiger partial charge in [0.05, 0.1) is 0 Å². The highest BCUT2D eigenvalue weighted by atomic mass is 16.5. The van der Waals surface area contributed by atoms with E-state index in [2.05, 4.69) is 35.4 Å². The maximum Gasteiger partial charge on any atom is 0.253 e. The van der Waals surface area contributed by atoms with Crippen LogP contribution in [-0.4, -0.2) is 16.7 Å². The van der Waals surface area contributed by atoms with Crippen LogP contribution in [-0.2, 0) is 13.2 Å². The van der Waals surface area contributed by atoms with Crippen LogP contribution in [0.25, 0.3) is 0 Å². The lowest BCUT2D eigenvalue weighted by Gasteiger charge is -2.14. The van der Waals surface area contributed by atoms with Crippen molar-refractivity contribution >= 4 is 0 Å².